The minimum absolute atomic E-state index is 0.0683. The van der Waals surface area contributed by atoms with E-state index >= 15 is 0 Å². The van der Waals surface area contributed by atoms with Crippen LogP contribution in [0.25, 0.3) is 0 Å². The van der Waals surface area contributed by atoms with Crippen molar-refractivity contribution in [1.82, 2.24) is 9.88 Å². The highest BCUT2D eigenvalue weighted by molar-refractivity contribution is 5.98. The van der Waals surface area contributed by atoms with E-state index in [4.69, 9.17) is 5.73 Å². The second kappa shape index (κ2) is 6.18. The van der Waals surface area contributed by atoms with Crippen LogP contribution in [0.2, 0.25) is 0 Å². The van der Waals surface area contributed by atoms with Crippen molar-refractivity contribution in [2.24, 2.45) is 0 Å². The molecule has 5 heteroatoms. The number of hydrogen-bond donors (Lipinski definition) is 1. The zero-order valence-corrected chi connectivity index (χ0v) is 10.2. The van der Waals surface area contributed by atoms with Crippen molar-refractivity contribution in [2.75, 3.05) is 19.3 Å². The van der Waals surface area contributed by atoms with Crippen molar-refractivity contribution in [2.45, 2.75) is 26.2 Å². The Kier molecular flexibility index (Phi) is 4.87. The van der Waals surface area contributed by atoms with E-state index in [0.29, 0.717) is 6.54 Å². The number of halogens is 1. The quantitative estimate of drug-likeness (QED) is 0.800. The molecule has 0 saturated heterocycles. The lowest BCUT2D eigenvalue weighted by atomic mass is 10.2. The van der Waals surface area contributed by atoms with Crippen molar-refractivity contribution in [3.8, 4) is 0 Å². The van der Waals surface area contributed by atoms with Gasteiger partial charge >= 0.3 is 0 Å². The first-order chi connectivity index (χ1) is 8.06. The fourth-order valence-electron chi connectivity index (χ4n) is 1.53. The lowest BCUT2D eigenvalue weighted by Gasteiger charge is -2.17. The zero-order valence-electron chi connectivity index (χ0n) is 10.2. The van der Waals surface area contributed by atoms with E-state index in [-0.39, 0.29) is 17.3 Å². The molecular weight excluding hydrogens is 221 g/mol. The number of nitrogens with two attached hydrogens (primary N) is 1. The van der Waals surface area contributed by atoms with Crippen molar-refractivity contribution in [3.63, 3.8) is 0 Å². The highest BCUT2D eigenvalue weighted by Crippen LogP contribution is 2.12. The van der Waals surface area contributed by atoms with Gasteiger partial charge < -0.3 is 10.6 Å². The molecule has 94 valence electrons. The van der Waals surface area contributed by atoms with Crippen LogP contribution in [0.4, 0.5) is 10.2 Å². The molecule has 1 heterocycles. The van der Waals surface area contributed by atoms with E-state index < -0.39 is 5.82 Å². The standard InChI is InChI=1S/C12H18FN3O/c1-3-4-5-6-16(2)12(17)10-7-9(13)8-15-11(10)14/h7-8H,3-6H2,1-2H3,(H2,14,15). The normalized spacial score (nSPS) is 10.3. The second-order valence-corrected chi connectivity index (χ2v) is 4.02. The summed E-state index contributed by atoms with van der Waals surface area (Å²) >= 11 is 0. The van der Waals surface area contributed by atoms with E-state index in [1.165, 1.54) is 0 Å². The molecule has 0 atom stereocenters. The number of hydrogen-bond acceptors (Lipinski definition) is 3. The first-order valence-corrected chi connectivity index (χ1v) is 5.72. The summed E-state index contributed by atoms with van der Waals surface area (Å²) in [7, 11) is 1.68. The van der Waals surface area contributed by atoms with Gasteiger partial charge in [-0.3, -0.25) is 4.79 Å². The Morgan fingerprint density at radius 1 is 1.53 bits per heavy atom. The van der Waals surface area contributed by atoms with Gasteiger partial charge in [0.05, 0.1) is 11.8 Å². The summed E-state index contributed by atoms with van der Waals surface area (Å²) in [6.45, 7) is 2.74. The lowest BCUT2D eigenvalue weighted by Crippen LogP contribution is -2.28. The molecule has 0 saturated carbocycles. The molecule has 0 aliphatic carbocycles. The average molecular weight is 239 g/mol. The summed E-state index contributed by atoms with van der Waals surface area (Å²) in [6.07, 6.45) is 4.09. The molecule has 0 fully saturated rings. The molecule has 0 bridgehead atoms. The van der Waals surface area contributed by atoms with Crippen molar-refractivity contribution in [3.05, 3.63) is 23.6 Å². The van der Waals surface area contributed by atoms with Gasteiger partial charge in [0.25, 0.3) is 5.91 Å². The molecule has 1 amide bonds. The molecule has 2 N–H and O–H groups in total. The van der Waals surface area contributed by atoms with E-state index in [1.807, 2.05) is 0 Å². The molecule has 17 heavy (non-hydrogen) atoms. The van der Waals surface area contributed by atoms with Crippen LogP contribution in [0.1, 0.15) is 36.5 Å². The fraction of sp³-hybridized carbons (Fsp3) is 0.500. The number of aromatic nitrogens is 1. The second-order valence-electron chi connectivity index (χ2n) is 4.02. The monoisotopic (exact) mass is 239 g/mol. The van der Waals surface area contributed by atoms with E-state index in [1.54, 1.807) is 11.9 Å². The molecule has 0 aliphatic heterocycles. The van der Waals surface area contributed by atoms with Crippen LogP contribution in [0.15, 0.2) is 12.3 Å². The van der Waals surface area contributed by atoms with Gasteiger partial charge in [-0.2, -0.15) is 0 Å². The van der Waals surface area contributed by atoms with E-state index in [0.717, 1.165) is 31.5 Å². The van der Waals surface area contributed by atoms with Gasteiger partial charge in [0.15, 0.2) is 0 Å². The van der Waals surface area contributed by atoms with Crippen LogP contribution in [-0.2, 0) is 0 Å². The number of anilines is 1. The number of amides is 1. The first-order valence-electron chi connectivity index (χ1n) is 5.72. The Labute approximate surface area is 101 Å². The predicted molar refractivity (Wildman–Crippen MR) is 65.1 cm³/mol. The van der Waals surface area contributed by atoms with Crippen LogP contribution in [0.5, 0.6) is 0 Å². The molecular formula is C12H18FN3O. The molecule has 1 aromatic heterocycles. The van der Waals surface area contributed by atoms with E-state index in [2.05, 4.69) is 11.9 Å². The van der Waals surface area contributed by atoms with Crippen LogP contribution in [0.3, 0.4) is 0 Å². The third kappa shape index (κ3) is 3.69. The number of rotatable bonds is 5. The predicted octanol–water partition coefficient (Wildman–Crippen LogP) is 2.07. The Morgan fingerprint density at radius 2 is 2.24 bits per heavy atom. The van der Waals surface area contributed by atoms with Gasteiger partial charge in [0, 0.05) is 13.6 Å². The molecule has 1 rings (SSSR count). The number of nitrogen functional groups attached to an aromatic ring is 1. The molecule has 0 radical (unpaired) electrons. The lowest BCUT2D eigenvalue weighted by molar-refractivity contribution is 0.0793. The SMILES string of the molecule is CCCCCN(C)C(=O)c1cc(F)cnc1N. The molecule has 0 unspecified atom stereocenters. The first kappa shape index (κ1) is 13.4. The number of carbonyl (C=O) groups excluding carboxylic acids is 1. The average Bonchev–Trinajstić information content (AvgIpc) is 2.31. The molecule has 0 aliphatic rings. The summed E-state index contributed by atoms with van der Waals surface area (Å²) in [5, 5.41) is 0. The van der Waals surface area contributed by atoms with Gasteiger partial charge in [0.1, 0.15) is 11.6 Å². The molecule has 0 aromatic carbocycles. The Hall–Kier alpha value is -1.65. The third-order valence-electron chi connectivity index (χ3n) is 2.56. The van der Waals surface area contributed by atoms with E-state index in [9.17, 15) is 9.18 Å². The number of pyridine rings is 1. The number of carbonyl (C=O) groups is 1. The minimum atomic E-state index is -0.551. The molecule has 1 aromatic rings. The van der Waals surface area contributed by atoms with Gasteiger partial charge in [-0.1, -0.05) is 19.8 Å². The summed E-state index contributed by atoms with van der Waals surface area (Å²) in [4.78, 5) is 17.1. The largest absolute Gasteiger partial charge is 0.383 e. The summed E-state index contributed by atoms with van der Waals surface area (Å²) in [5.74, 6) is -0.770. The minimum Gasteiger partial charge on any atom is -0.383 e. The maximum atomic E-state index is 13.0. The summed E-state index contributed by atoms with van der Waals surface area (Å²) in [6, 6.07) is 1.13. The number of nitrogens with zero attached hydrogens (tertiary/aromatic N) is 2. The van der Waals surface area contributed by atoms with Crippen molar-refractivity contribution < 1.29 is 9.18 Å². The maximum Gasteiger partial charge on any atom is 0.257 e. The highest BCUT2D eigenvalue weighted by atomic mass is 19.1. The zero-order chi connectivity index (χ0) is 12.8. The summed E-state index contributed by atoms with van der Waals surface area (Å²) < 4.78 is 13.0. The smallest absolute Gasteiger partial charge is 0.257 e. The molecule has 4 nitrogen and oxygen atoms in total. The Balaban J connectivity index is 2.71. The molecule has 0 spiro atoms. The Morgan fingerprint density at radius 3 is 2.88 bits per heavy atom. The van der Waals surface area contributed by atoms with Gasteiger partial charge in [-0.25, -0.2) is 9.37 Å². The van der Waals surface area contributed by atoms with Gasteiger partial charge in [-0.05, 0) is 12.5 Å². The van der Waals surface area contributed by atoms with Crippen LogP contribution in [0, 0.1) is 5.82 Å². The maximum absolute atomic E-state index is 13.0. The van der Waals surface area contributed by atoms with Crippen LogP contribution >= 0.6 is 0 Å². The van der Waals surface area contributed by atoms with Crippen LogP contribution < -0.4 is 5.73 Å². The van der Waals surface area contributed by atoms with Crippen LogP contribution in [-0.4, -0.2) is 29.4 Å². The summed E-state index contributed by atoms with van der Waals surface area (Å²) in [5.41, 5.74) is 5.69. The van der Waals surface area contributed by atoms with Crippen molar-refractivity contribution in [1.29, 1.82) is 0 Å². The number of unbranched alkanes of at least 4 members (excludes halogenated alkanes) is 2. The Bertz CT molecular complexity index is 395. The topological polar surface area (TPSA) is 59.2 Å². The third-order valence-corrected chi connectivity index (χ3v) is 2.56. The van der Waals surface area contributed by atoms with Gasteiger partial charge in [0.2, 0.25) is 0 Å². The van der Waals surface area contributed by atoms with Gasteiger partial charge in [-0.15, -0.1) is 0 Å². The van der Waals surface area contributed by atoms with Crippen molar-refractivity contribution >= 4 is 11.7 Å². The fourth-order valence-corrected chi connectivity index (χ4v) is 1.53. The highest BCUT2D eigenvalue weighted by Gasteiger charge is 2.15.